The number of carbonyl (C=O) groups is 1. The summed E-state index contributed by atoms with van der Waals surface area (Å²) in [7, 11) is 1.91. The van der Waals surface area contributed by atoms with Crippen LogP contribution in [0.2, 0.25) is 0 Å². The van der Waals surface area contributed by atoms with E-state index < -0.39 is 5.54 Å². The lowest BCUT2D eigenvalue weighted by Gasteiger charge is -2.35. The Kier molecular flexibility index (Phi) is 3.33. The molecule has 2 unspecified atom stereocenters. The van der Waals surface area contributed by atoms with Crippen molar-refractivity contribution in [3.8, 4) is 0 Å². The summed E-state index contributed by atoms with van der Waals surface area (Å²) in [6, 6.07) is 0. The smallest absolute Gasteiger partial charge is 0.160 e. The van der Waals surface area contributed by atoms with Gasteiger partial charge in [0.15, 0.2) is 5.78 Å². The number of ketones is 1. The molecule has 1 aliphatic carbocycles. The maximum absolute atomic E-state index is 12.3. The highest BCUT2D eigenvalue weighted by atomic mass is 16.1. The molecule has 0 bridgehead atoms. The van der Waals surface area contributed by atoms with Crippen molar-refractivity contribution in [2.45, 2.75) is 44.6 Å². The fourth-order valence-corrected chi connectivity index (χ4v) is 2.73. The van der Waals surface area contributed by atoms with Crippen molar-refractivity contribution in [1.29, 1.82) is 0 Å². The van der Waals surface area contributed by atoms with Crippen molar-refractivity contribution in [3.05, 3.63) is 18.2 Å². The van der Waals surface area contributed by atoms with Gasteiger partial charge in [0.1, 0.15) is 5.82 Å². The SMILES string of the molecule is CC1CCCC(N)(C(=O)Cc2nccn2C)C1. The normalized spacial score (nSPS) is 29.2. The molecular weight excluding hydrogens is 214 g/mol. The van der Waals surface area contributed by atoms with Crippen LogP contribution in [0.4, 0.5) is 0 Å². The molecule has 4 heteroatoms. The van der Waals surface area contributed by atoms with E-state index >= 15 is 0 Å². The summed E-state index contributed by atoms with van der Waals surface area (Å²) in [6.45, 7) is 2.18. The Morgan fingerprint density at radius 1 is 1.71 bits per heavy atom. The number of rotatable bonds is 3. The summed E-state index contributed by atoms with van der Waals surface area (Å²) in [5, 5.41) is 0. The van der Waals surface area contributed by atoms with Crippen LogP contribution in [0.25, 0.3) is 0 Å². The van der Waals surface area contributed by atoms with E-state index in [0.717, 1.165) is 25.1 Å². The second-order valence-electron chi connectivity index (χ2n) is 5.41. The highest BCUT2D eigenvalue weighted by Gasteiger charge is 2.37. The lowest BCUT2D eigenvalue weighted by Crippen LogP contribution is -2.51. The van der Waals surface area contributed by atoms with E-state index in [1.165, 1.54) is 6.42 Å². The predicted molar refractivity (Wildman–Crippen MR) is 66.5 cm³/mol. The molecule has 1 aromatic rings. The third kappa shape index (κ3) is 2.57. The van der Waals surface area contributed by atoms with Crippen molar-refractivity contribution in [1.82, 2.24) is 9.55 Å². The average Bonchev–Trinajstić information content (AvgIpc) is 2.64. The Morgan fingerprint density at radius 2 is 2.47 bits per heavy atom. The quantitative estimate of drug-likeness (QED) is 0.862. The molecule has 17 heavy (non-hydrogen) atoms. The van der Waals surface area contributed by atoms with Gasteiger partial charge in [-0.05, 0) is 18.8 Å². The second kappa shape index (κ2) is 4.61. The number of hydrogen-bond donors (Lipinski definition) is 1. The van der Waals surface area contributed by atoms with Crippen molar-refractivity contribution in [3.63, 3.8) is 0 Å². The number of nitrogens with two attached hydrogens (primary N) is 1. The van der Waals surface area contributed by atoms with Crippen LogP contribution in [-0.2, 0) is 18.3 Å². The lowest BCUT2D eigenvalue weighted by molar-refractivity contribution is -0.125. The van der Waals surface area contributed by atoms with Crippen LogP contribution < -0.4 is 5.73 Å². The molecule has 2 atom stereocenters. The zero-order valence-electron chi connectivity index (χ0n) is 10.6. The molecule has 4 nitrogen and oxygen atoms in total. The molecular formula is C13H21N3O. The molecule has 2 N–H and O–H groups in total. The summed E-state index contributed by atoms with van der Waals surface area (Å²) in [5.41, 5.74) is 5.65. The standard InChI is InChI=1S/C13H21N3O/c1-10-4-3-5-13(14,9-10)11(17)8-12-15-6-7-16(12)2/h6-7,10H,3-5,8-9,14H2,1-2H3. The van der Waals surface area contributed by atoms with Gasteiger partial charge in [0.25, 0.3) is 0 Å². The Hall–Kier alpha value is -1.16. The zero-order valence-corrected chi connectivity index (χ0v) is 10.6. The van der Waals surface area contributed by atoms with Crippen LogP contribution in [0.15, 0.2) is 12.4 Å². The molecule has 1 fully saturated rings. The van der Waals surface area contributed by atoms with Gasteiger partial charge in [0, 0.05) is 19.4 Å². The molecule has 0 aliphatic heterocycles. The van der Waals surface area contributed by atoms with Crippen molar-refractivity contribution >= 4 is 5.78 Å². The van der Waals surface area contributed by atoms with Crippen molar-refractivity contribution < 1.29 is 4.79 Å². The van der Waals surface area contributed by atoms with E-state index in [4.69, 9.17) is 5.73 Å². The summed E-state index contributed by atoms with van der Waals surface area (Å²) >= 11 is 0. The van der Waals surface area contributed by atoms with E-state index in [0.29, 0.717) is 12.3 Å². The molecule has 1 saturated carbocycles. The molecule has 0 saturated heterocycles. The number of aromatic nitrogens is 2. The minimum absolute atomic E-state index is 0.137. The third-order valence-corrected chi connectivity index (χ3v) is 3.83. The van der Waals surface area contributed by atoms with Gasteiger partial charge in [-0.2, -0.15) is 0 Å². The highest BCUT2D eigenvalue weighted by Crippen LogP contribution is 2.31. The number of nitrogens with zero attached hydrogens (tertiary/aromatic N) is 2. The molecule has 0 spiro atoms. The highest BCUT2D eigenvalue weighted by molar-refractivity contribution is 5.89. The van der Waals surface area contributed by atoms with Gasteiger partial charge >= 0.3 is 0 Å². The van der Waals surface area contributed by atoms with Crippen molar-refractivity contribution in [2.75, 3.05) is 0 Å². The monoisotopic (exact) mass is 235 g/mol. The first-order chi connectivity index (χ1) is 8.01. The molecule has 1 heterocycles. The Bertz CT molecular complexity index is 413. The predicted octanol–water partition coefficient (Wildman–Crippen LogP) is 1.44. The molecule has 1 aromatic heterocycles. The molecule has 1 aliphatic rings. The van der Waals surface area contributed by atoms with E-state index in [1.807, 2.05) is 17.8 Å². The van der Waals surface area contributed by atoms with Gasteiger partial charge in [0.05, 0.1) is 12.0 Å². The van der Waals surface area contributed by atoms with Crippen molar-refractivity contribution in [2.24, 2.45) is 18.7 Å². The van der Waals surface area contributed by atoms with Gasteiger partial charge in [-0.15, -0.1) is 0 Å². The molecule has 2 rings (SSSR count). The number of Topliss-reactive ketones (excluding diaryl/α,β-unsaturated/α-hetero) is 1. The first kappa shape index (κ1) is 12.3. The van der Waals surface area contributed by atoms with E-state index in [-0.39, 0.29) is 5.78 Å². The Labute approximate surface area is 102 Å². The zero-order chi connectivity index (χ0) is 12.5. The lowest BCUT2D eigenvalue weighted by atomic mass is 9.74. The van der Waals surface area contributed by atoms with Gasteiger partial charge in [0.2, 0.25) is 0 Å². The second-order valence-corrected chi connectivity index (χ2v) is 5.41. The summed E-state index contributed by atoms with van der Waals surface area (Å²) in [5.74, 6) is 1.50. The number of carbonyl (C=O) groups excluding carboxylic acids is 1. The van der Waals surface area contributed by atoms with Crippen LogP contribution in [-0.4, -0.2) is 20.9 Å². The van der Waals surface area contributed by atoms with Crippen LogP contribution in [0, 0.1) is 5.92 Å². The maximum Gasteiger partial charge on any atom is 0.160 e. The van der Waals surface area contributed by atoms with Gasteiger partial charge in [-0.3, -0.25) is 4.79 Å². The van der Waals surface area contributed by atoms with Gasteiger partial charge in [-0.1, -0.05) is 19.8 Å². The van der Waals surface area contributed by atoms with E-state index in [2.05, 4.69) is 11.9 Å². The number of aryl methyl sites for hydroxylation is 1. The molecule has 0 radical (unpaired) electrons. The van der Waals surface area contributed by atoms with Crippen LogP contribution in [0.3, 0.4) is 0 Å². The maximum atomic E-state index is 12.3. The van der Waals surface area contributed by atoms with Crippen LogP contribution in [0.5, 0.6) is 0 Å². The first-order valence-corrected chi connectivity index (χ1v) is 6.30. The minimum atomic E-state index is -0.621. The largest absolute Gasteiger partial charge is 0.338 e. The molecule has 94 valence electrons. The van der Waals surface area contributed by atoms with E-state index in [1.54, 1.807) is 6.20 Å². The number of hydrogen-bond acceptors (Lipinski definition) is 3. The summed E-state index contributed by atoms with van der Waals surface area (Å²) in [6.07, 6.45) is 7.81. The first-order valence-electron chi connectivity index (χ1n) is 6.30. The van der Waals surface area contributed by atoms with Crippen LogP contribution in [0.1, 0.15) is 38.4 Å². The van der Waals surface area contributed by atoms with Gasteiger partial charge in [-0.25, -0.2) is 4.98 Å². The number of imidazole rings is 1. The summed E-state index contributed by atoms with van der Waals surface area (Å²) < 4.78 is 1.88. The molecule has 0 amide bonds. The third-order valence-electron chi connectivity index (χ3n) is 3.83. The Morgan fingerprint density at radius 3 is 3.06 bits per heavy atom. The fourth-order valence-electron chi connectivity index (χ4n) is 2.73. The molecule has 0 aromatic carbocycles. The van der Waals surface area contributed by atoms with Gasteiger partial charge < -0.3 is 10.3 Å². The fraction of sp³-hybridized carbons (Fsp3) is 0.692. The average molecular weight is 235 g/mol. The van der Waals surface area contributed by atoms with E-state index in [9.17, 15) is 4.79 Å². The topological polar surface area (TPSA) is 60.9 Å². The minimum Gasteiger partial charge on any atom is -0.338 e. The summed E-state index contributed by atoms with van der Waals surface area (Å²) in [4.78, 5) is 16.5. The van der Waals surface area contributed by atoms with Crippen LogP contribution >= 0.6 is 0 Å². The Balaban J connectivity index is 2.07.